The molecule has 1 amide bonds. The first-order valence-corrected chi connectivity index (χ1v) is 4.80. The number of nitrogens with two attached hydrogens (primary N) is 1. The summed E-state index contributed by atoms with van der Waals surface area (Å²) >= 11 is 0. The van der Waals surface area contributed by atoms with Crippen molar-refractivity contribution in [3.05, 3.63) is 11.6 Å². The summed E-state index contributed by atoms with van der Waals surface area (Å²) in [5, 5.41) is 8.69. The molecular formula is C10H15N3O. The van der Waals surface area contributed by atoms with Gasteiger partial charge in [-0.1, -0.05) is 6.08 Å². The van der Waals surface area contributed by atoms with Crippen LogP contribution < -0.4 is 5.73 Å². The van der Waals surface area contributed by atoms with Gasteiger partial charge in [-0.2, -0.15) is 5.26 Å². The van der Waals surface area contributed by atoms with E-state index in [1.165, 1.54) is 0 Å². The third-order valence-corrected chi connectivity index (χ3v) is 2.47. The Bertz CT molecular complexity index is 282. The van der Waals surface area contributed by atoms with Gasteiger partial charge in [0.15, 0.2) is 0 Å². The van der Waals surface area contributed by atoms with Crippen LogP contribution in [0.4, 0.5) is 0 Å². The maximum absolute atomic E-state index is 11.7. The van der Waals surface area contributed by atoms with Crippen molar-refractivity contribution in [2.45, 2.75) is 25.8 Å². The SMILES string of the molecule is C/C=C(\C#N)C(=O)N1CCC(N)CC1. The number of hydrogen-bond acceptors (Lipinski definition) is 3. The molecule has 14 heavy (non-hydrogen) atoms. The molecule has 0 spiro atoms. The minimum Gasteiger partial charge on any atom is -0.338 e. The maximum atomic E-state index is 11.7. The summed E-state index contributed by atoms with van der Waals surface area (Å²) in [6, 6.07) is 2.10. The lowest BCUT2D eigenvalue weighted by molar-refractivity contribution is -0.127. The second kappa shape index (κ2) is 4.77. The average molecular weight is 193 g/mol. The molecule has 0 radical (unpaired) electrons. The van der Waals surface area contributed by atoms with Crippen molar-refractivity contribution in [2.24, 2.45) is 5.73 Å². The molecule has 1 aliphatic rings. The van der Waals surface area contributed by atoms with Crippen LogP contribution in [0, 0.1) is 11.3 Å². The Hall–Kier alpha value is -1.34. The number of carbonyl (C=O) groups excluding carboxylic acids is 1. The Morgan fingerprint density at radius 2 is 2.14 bits per heavy atom. The highest BCUT2D eigenvalue weighted by Gasteiger charge is 2.22. The van der Waals surface area contributed by atoms with E-state index in [2.05, 4.69) is 0 Å². The average Bonchev–Trinajstić information content (AvgIpc) is 2.20. The van der Waals surface area contributed by atoms with Crippen LogP contribution in [-0.4, -0.2) is 29.9 Å². The molecule has 1 fully saturated rings. The van der Waals surface area contributed by atoms with Gasteiger partial charge in [-0.15, -0.1) is 0 Å². The molecule has 0 aromatic rings. The molecule has 0 unspecified atom stereocenters. The van der Waals surface area contributed by atoms with Crippen LogP contribution in [0.15, 0.2) is 11.6 Å². The number of allylic oxidation sites excluding steroid dienone is 1. The summed E-state index contributed by atoms with van der Waals surface area (Å²) in [5.41, 5.74) is 5.94. The minimum absolute atomic E-state index is 0.165. The number of hydrogen-bond donors (Lipinski definition) is 1. The van der Waals surface area contributed by atoms with Crippen molar-refractivity contribution in [3.63, 3.8) is 0 Å². The summed E-state index contributed by atoms with van der Waals surface area (Å²) in [7, 11) is 0. The third kappa shape index (κ3) is 2.33. The highest BCUT2D eigenvalue weighted by Crippen LogP contribution is 2.11. The van der Waals surface area contributed by atoms with Crippen LogP contribution in [0.2, 0.25) is 0 Å². The van der Waals surface area contributed by atoms with Gasteiger partial charge in [-0.3, -0.25) is 4.79 Å². The predicted octanol–water partition coefficient (Wildman–Crippen LogP) is 0.406. The summed E-state index contributed by atoms with van der Waals surface area (Å²) in [6.07, 6.45) is 3.21. The van der Waals surface area contributed by atoms with Gasteiger partial charge in [-0.05, 0) is 19.8 Å². The van der Waals surface area contributed by atoms with Crippen LogP contribution in [0.1, 0.15) is 19.8 Å². The molecule has 76 valence electrons. The maximum Gasteiger partial charge on any atom is 0.264 e. The zero-order valence-electron chi connectivity index (χ0n) is 8.36. The topological polar surface area (TPSA) is 70.1 Å². The largest absolute Gasteiger partial charge is 0.338 e. The molecule has 0 bridgehead atoms. The predicted molar refractivity (Wildman–Crippen MR) is 53.2 cm³/mol. The van der Waals surface area contributed by atoms with Crippen molar-refractivity contribution in [3.8, 4) is 6.07 Å². The molecule has 1 aliphatic heterocycles. The summed E-state index contributed by atoms with van der Waals surface area (Å²) in [4.78, 5) is 13.4. The Morgan fingerprint density at radius 3 is 2.57 bits per heavy atom. The van der Waals surface area contributed by atoms with Crippen molar-refractivity contribution in [1.82, 2.24) is 4.90 Å². The van der Waals surface area contributed by atoms with Gasteiger partial charge in [0, 0.05) is 19.1 Å². The Morgan fingerprint density at radius 1 is 1.57 bits per heavy atom. The zero-order valence-corrected chi connectivity index (χ0v) is 8.36. The van der Waals surface area contributed by atoms with Gasteiger partial charge >= 0.3 is 0 Å². The molecule has 0 aromatic carbocycles. The van der Waals surface area contributed by atoms with E-state index >= 15 is 0 Å². The minimum atomic E-state index is -0.165. The molecule has 1 saturated heterocycles. The standard InChI is InChI=1S/C10H15N3O/c1-2-8(7-11)10(14)13-5-3-9(12)4-6-13/h2,9H,3-6,12H2,1H3/b8-2+. The van der Waals surface area contributed by atoms with Crippen molar-refractivity contribution >= 4 is 5.91 Å². The van der Waals surface area contributed by atoms with Crippen molar-refractivity contribution < 1.29 is 4.79 Å². The lowest BCUT2D eigenvalue weighted by Crippen LogP contribution is -2.43. The molecule has 0 atom stereocenters. The Balaban J connectivity index is 2.59. The quantitative estimate of drug-likeness (QED) is 0.484. The number of piperidine rings is 1. The monoisotopic (exact) mass is 193 g/mol. The molecular weight excluding hydrogens is 178 g/mol. The summed E-state index contributed by atoms with van der Waals surface area (Å²) < 4.78 is 0. The van der Waals surface area contributed by atoms with E-state index in [0.717, 1.165) is 12.8 Å². The van der Waals surface area contributed by atoms with Gasteiger partial charge in [0.25, 0.3) is 5.91 Å². The van der Waals surface area contributed by atoms with E-state index in [4.69, 9.17) is 11.0 Å². The fraction of sp³-hybridized carbons (Fsp3) is 0.600. The summed E-state index contributed by atoms with van der Waals surface area (Å²) in [6.45, 7) is 3.03. The lowest BCUT2D eigenvalue weighted by Gasteiger charge is -2.29. The Labute approximate surface area is 84.0 Å². The number of amides is 1. The number of rotatable bonds is 1. The van der Waals surface area contributed by atoms with Crippen LogP contribution >= 0.6 is 0 Å². The first-order valence-electron chi connectivity index (χ1n) is 4.80. The van der Waals surface area contributed by atoms with Crippen molar-refractivity contribution in [1.29, 1.82) is 5.26 Å². The molecule has 2 N–H and O–H groups in total. The molecule has 1 heterocycles. The first-order chi connectivity index (χ1) is 6.69. The second-order valence-corrected chi connectivity index (χ2v) is 3.44. The van der Waals surface area contributed by atoms with Crippen molar-refractivity contribution in [2.75, 3.05) is 13.1 Å². The van der Waals surface area contributed by atoms with Crippen LogP contribution in [0.25, 0.3) is 0 Å². The smallest absolute Gasteiger partial charge is 0.264 e. The van der Waals surface area contributed by atoms with Crippen LogP contribution in [-0.2, 0) is 4.79 Å². The lowest BCUT2D eigenvalue weighted by atomic mass is 10.1. The Kier molecular flexibility index (Phi) is 3.66. The van der Waals surface area contributed by atoms with Gasteiger partial charge in [0.05, 0.1) is 0 Å². The number of nitriles is 1. The van der Waals surface area contributed by atoms with Crippen LogP contribution in [0.5, 0.6) is 0 Å². The van der Waals surface area contributed by atoms with E-state index in [1.807, 2.05) is 6.07 Å². The number of carbonyl (C=O) groups is 1. The zero-order chi connectivity index (χ0) is 10.6. The molecule has 0 aromatic heterocycles. The van der Waals surface area contributed by atoms with Gasteiger partial charge < -0.3 is 10.6 Å². The highest BCUT2D eigenvalue weighted by atomic mass is 16.2. The van der Waals surface area contributed by atoms with Gasteiger partial charge in [-0.25, -0.2) is 0 Å². The number of nitrogens with zero attached hydrogens (tertiary/aromatic N) is 2. The summed E-state index contributed by atoms with van der Waals surface area (Å²) in [5.74, 6) is -0.165. The molecule has 4 heteroatoms. The normalized spacial score (nSPS) is 19.2. The fourth-order valence-corrected chi connectivity index (χ4v) is 1.51. The van der Waals surface area contributed by atoms with Gasteiger partial charge in [0.1, 0.15) is 11.6 Å². The molecule has 0 saturated carbocycles. The second-order valence-electron chi connectivity index (χ2n) is 3.44. The first kappa shape index (κ1) is 10.7. The van der Waals surface area contributed by atoms with Gasteiger partial charge in [0.2, 0.25) is 0 Å². The highest BCUT2D eigenvalue weighted by molar-refractivity contribution is 5.97. The van der Waals surface area contributed by atoms with E-state index in [9.17, 15) is 4.79 Å². The fourth-order valence-electron chi connectivity index (χ4n) is 1.51. The van der Waals surface area contributed by atoms with E-state index in [-0.39, 0.29) is 17.5 Å². The third-order valence-electron chi connectivity index (χ3n) is 2.47. The molecule has 0 aliphatic carbocycles. The van der Waals surface area contributed by atoms with E-state index in [0.29, 0.717) is 13.1 Å². The van der Waals surface area contributed by atoms with Crippen LogP contribution in [0.3, 0.4) is 0 Å². The number of likely N-dealkylation sites (tertiary alicyclic amines) is 1. The van der Waals surface area contributed by atoms with E-state index in [1.54, 1.807) is 17.9 Å². The molecule has 4 nitrogen and oxygen atoms in total. The van der Waals surface area contributed by atoms with E-state index < -0.39 is 0 Å². The molecule has 1 rings (SSSR count).